The van der Waals surface area contributed by atoms with E-state index < -0.39 is 0 Å². The first kappa shape index (κ1) is 18.9. The highest BCUT2D eigenvalue weighted by molar-refractivity contribution is 6.02. The van der Waals surface area contributed by atoms with Gasteiger partial charge in [-0.25, -0.2) is 4.98 Å². The van der Waals surface area contributed by atoms with Crippen LogP contribution in [0.3, 0.4) is 0 Å². The van der Waals surface area contributed by atoms with Crippen LogP contribution in [0.25, 0.3) is 5.52 Å². The van der Waals surface area contributed by atoms with Crippen LogP contribution in [0.1, 0.15) is 41.9 Å². The van der Waals surface area contributed by atoms with Crippen molar-refractivity contribution in [1.82, 2.24) is 24.1 Å². The molecule has 1 saturated heterocycles. The van der Waals surface area contributed by atoms with Crippen LogP contribution in [0, 0.1) is 0 Å². The van der Waals surface area contributed by atoms with Crippen LogP contribution in [0.15, 0.2) is 24.4 Å². The van der Waals surface area contributed by atoms with E-state index >= 15 is 0 Å². The van der Waals surface area contributed by atoms with Gasteiger partial charge in [0.1, 0.15) is 0 Å². The second-order valence-corrected chi connectivity index (χ2v) is 6.52. The molecule has 1 aliphatic rings. The van der Waals surface area contributed by atoms with Crippen molar-refractivity contribution < 1.29 is 14.4 Å². The van der Waals surface area contributed by atoms with Crippen molar-refractivity contribution in [2.45, 2.75) is 20.8 Å². The van der Waals surface area contributed by atoms with E-state index in [1.807, 2.05) is 26.0 Å². The average Bonchev–Trinajstić information content (AvgIpc) is 3.08. The first-order valence-electron chi connectivity index (χ1n) is 9.29. The molecule has 0 spiro atoms. The molecular weight excluding hydrogens is 346 g/mol. The number of imidazole rings is 1. The minimum absolute atomic E-state index is 0.0143. The van der Waals surface area contributed by atoms with E-state index in [1.165, 1.54) is 6.92 Å². The number of aromatic nitrogens is 2. The number of pyridine rings is 1. The molecule has 8 nitrogen and oxygen atoms in total. The molecule has 8 heteroatoms. The van der Waals surface area contributed by atoms with E-state index in [1.54, 1.807) is 31.4 Å². The molecule has 3 heterocycles. The Balaban J connectivity index is 1.92. The largest absolute Gasteiger partial charge is 0.339 e. The number of carbonyl (C=O) groups excluding carboxylic acids is 3. The Morgan fingerprint density at radius 2 is 1.67 bits per heavy atom. The maximum atomic E-state index is 13.0. The second-order valence-electron chi connectivity index (χ2n) is 6.52. The molecule has 2 aromatic rings. The smallest absolute Gasteiger partial charge is 0.290 e. The van der Waals surface area contributed by atoms with Crippen LogP contribution in [0.4, 0.5) is 0 Å². The number of hydrogen-bond donors (Lipinski definition) is 0. The van der Waals surface area contributed by atoms with Gasteiger partial charge in [-0.2, -0.15) is 0 Å². The van der Waals surface area contributed by atoms with Gasteiger partial charge in [-0.3, -0.25) is 18.8 Å². The van der Waals surface area contributed by atoms with Gasteiger partial charge in [-0.05, 0) is 26.0 Å². The molecule has 0 atom stereocenters. The van der Waals surface area contributed by atoms with Crippen molar-refractivity contribution in [3.05, 3.63) is 35.9 Å². The highest BCUT2D eigenvalue weighted by Gasteiger charge is 2.29. The van der Waals surface area contributed by atoms with Gasteiger partial charge in [-0.1, -0.05) is 6.07 Å². The SMILES string of the molecule is CCN(CC)C(=O)c1nc(C(=O)N2CCN(C(C)=O)CC2)n2ccccc12. The summed E-state index contributed by atoms with van der Waals surface area (Å²) in [6.07, 6.45) is 1.75. The molecule has 27 heavy (non-hydrogen) atoms. The summed E-state index contributed by atoms with van der Waals surface area (Å²) in [4.78, 5) is 46.9. The van der Waals surface area contributed by atoms with E-state index in [4.69, 9.17) is 0 Å². The predicted octanol–water partition coefficient (Wildman–Crippen LogP) is 1.12. The van der Waals surface area contributed by atoms with Crippen molar-refractivity contribution in [2.75, 3.05) is 39.3 Å². The summed E-state index contributed by atoms with van der Waals surface area (Å²) in [5.41, 5.74) is 0.921. The molecule has 0 aliphatic carbocycles. The molecule has 1 fully saturated rings. The van der Waals surface area contributed by atoms with Gasteiger partial charge in [-0.15, -0.1) is 0 Å². The van der Waals surface area contributed by atoms with Gasteiger partial charge in [0.05, 0.1) is 5.52 Å². The van der Waals surface area contributed by atoms with Crippen molar-refractivity contribution >= 4 is 23.2 Å². The molecule has 2 aromatic heterocycles. The lowest BCUT2D eigenvalue weighted by Crippen LogP contribution is -2.50. The average molecular weight is 371 g/mol. The summed E-state index contributed by atoms with van der Waals surface area (Å²) in [5, 5.41) is 0. The topological polar surface area (TPSA) is 78.2 Å². The molecule has 1 aliphatic heterocycles. The number of hydrogen-bond acceptors (Lipinski definition) is 4. The quantitative estimate of drug-likeness (QED) is 0.807. The highest BCUT2D eigenvalue weighted by Crippen LogP contribution is 2.17. The van der Waals surface area contributed by atoms with E-state index in [-0.39, 0.29) is 23.5 Å². The van der Waals surface area contributed by atoms with E-state index in [0.29, 0.717) is 50.5 Å². The summed E-state index contributed by atoms with van der Waals surface area (Å²) in [6.45, 7) is 8.46. The Bertz CT molecular complexity index is 863. The lowest BCUT2D eigenvalue weighted by molar-refractivity contribution is -0.130. The predicted molar refractivity (Wildman–Crippen MR) is 101 cm³/mol. The fourth-order valence-electron chi connectivity index (χ4n) is 3.37. The Morgan fingerprint density at radius 3 is 2.26 bits per heavy atom. The lowest BCUT2D eigenvalue weighted by Gasteiger charge is -2.33. The summed E-state index contributed by atoms with van der Waals surface area (Å²) < 4.78 is 1.68. The molecule has 144 valence electrons. The van der Waals surface area contributed by atoms with Gasteiger partial charge in [0.15, 0.2) is 5.69 Å². The zero-order chi connectivity index (χ0) is 19.6. The van der Waals surface area contributed by atoms with Crippen molar-refractivity contribution in [3.8, 4) is 0 Å². The van der Waals surface area contributed by atoms with Crippen LogP contribution in [0.5, 0.6) is 0 Å². The van der Waals surface area contributed by atoms with Crippen LogP contribution in [-0.2, 0) is 4.79 Å². The van der Waals surface area contributed by atoms with Gasteiger partial charge >= 0.3 is 0 Å². The zero-order valence-electron chi connectivity index (χ0n) is 16.0. The van der Waals surface area contributed by atoms with Crippen LogP contribution in [-0.4, -0.2) is 81.1 Å². The highest BCUT2D eigenvalue weighted by atomic mass is 16.2. The Labute approximate surface area is 158 Å². The summed E-state index contributed by atoms with van der Waals surface area (Å²) in [7, 11) is 0. The minimum atomic E-state index is -0.224. The van der Waals surface area contributed by atoms with Crippen LogP contribution >= 0.6 is 0 Å². The maximum absolute atomic E-state index is 13.0. The number of amides is 3. The molecule has 0 bridgehead atoms. The second kappa shape index (κ2) is 7.77. The third-order valence-corrected chi connectivity index (χ3v) is 5.01. The van der Waals surface area contributed by atoms with Crippen LogP contribution in [0.2, 0.25) is 0 Å². The van der Waals surface area contributed by atoms with Gasteiger partial charge in [0.2, 0.25) is 11.7 Å². The normalized spacial score (nSPS) is 14.5. The maximum Gasteiger partial charge on any atom is 0.290 e. The van der Waals surface area contributed by atoms with Crippen molar-refractivity contribution in [2.24, 2.45) is 0 Å². The number of carbonyl (C=O) groups is 3. The van der Waals surface area contributed by atoms with E-state index in [2.05, 4.69) is 4.98 Å². The lowest BCUT2D eigenvalue weighted by atomic mass is 10.3. The van der Waals surface area contributed by atoms with Crippen molar-refractivity contribution in [3.63, 3.8) is 0 Å². The molecule has 0 radical (unpaired) electrons. The molecule has 0 N–H and O–H groups in total. The van der Waals surface area contributed by atoms with Gasteiger partial charge < -0.3 is 14.7 Å². The number of nitrogens with zero attached hydrogens (tertiary/aromatic N) is 5. The summed E-state index contributed by atoms with van der Waals surface area (Å²) >= 11 is 0. The fourth-order valence-corrected chi connectivity index (χ4v) is 3.37. The third kappa shape index (κ3) is 3.51. The van der Waals surface area contributed by atoms with Crippen molar-refractivity contribution in [1.29, 1.82) is 0 Å². The molecular formula is C19H25N5O3. The molecule has 3 rings (SSSR count). The number of piperazine rings is 1. The van der Waals surface area contributed by atoms with Gasteiger partial charge in [0, 0.05) is 52.4 Å². The first-order valence-corrected chi connectivity index (χ1v) is 9.29. The Morgan fingerprint density at radius 1 is 1.04 bits per heavy atom. The molecule has 0 saturated carbocycles. The summed E-state index contributed by atoms with van der Waals surface area (Å²) in [6, 6.07) is 5.44. The van der Waals surface area contributed by atoms with Gasteiger partial charge in [0.25, 0.3) is 11.8 Å². The Kier molecular flexibility index (Phi) is 5.43. The monoisotopic (exact) mass is 371 g/mol. The first-order chi connectivity index (χ1) is 13.0. The van der Waals surface area contributed by atoms with E-state index in [9.17, 15) is 14.4 Å². The molecule has 3 amide bonds. The fraction of sp³-hybridized carbons (Fsp3) is 0.474. The van der Waals surface area contributed by atoms with E-state index in [0.717, 1.165) is 0 Å². The zero-order valence-corrected chi connectivity index (χ0v) is 16.0. The standard InChI is InChI=1S/C19H25N5O3/c1-4-21(5-2)18(26)16-15-8-6-7-9-24(15)17(20-16)19(27)23-12-10-22(11-13-23)14(3)25/h6-9H,4-5,10-13H2,1-3H3. The minimum Gasteiger partial charge on any atom is -0.339 e. The summed E-state index contributed by atoms with van der Waals surface area (Å²) in [5.74, 6) is -0.153. The number of fused-ring (bicyclic) bond motifs is 1. The molecule has 0 unspecified atom stereocenters. The third-order valence-electron chi connectivity index (χ3n) is 5.01. The molecule has 0 aromatic carbocycles. The number of rotatable bonds is 4. The Hall–Kier alpha value is -2.90. The van der Waals surface area contributed by atoms with Crippen LogP contribution < -0.4 is 0 Å².